The standard InChI is InChI=1S/C30H44O2/c1-2-3-4-5-6-7-8-9-10-11-12-13-20-25-28(30(31)32)29(26-21-16-14-17-22-26)27-23-18-15-19-24-27/h14-19,21-24,28-29H,2-13,20,25H2,1H3,(H,31,32). The molecule has 2 aromatic rings. The first-order valence-electron chi connectivity index (χ1n) is 13.1. The summed E-state index contributed by atoms with van der Waals surface area (Å²) in [7, 11) is 0. The Morgan fingerprint density at radius 2 is 1.00 bits per heavy atom. The monoisotopic (exact) mass is 436 g/mol. The molecule has 1 atom stereocenters. The van der Waals surface area contributed by atoms with E-state index in [1.165, 1.54) is 70.6 Å². The maximum atomic E-state index is 12.2. The third-order valence-electron chi connectivity index (χ3n) is 6.66. The zero-order valence-corrected chi connectivity index (χ0v) is 20.2. The van der Waals surface area contributed by atoms with Gasteiger partial charge in [-0.1, -0.05) is 151 Å². The van der Waals surface area contributed by atoms with Crippen LogP contribution in [-0.2, 0) is 4.79 Å². The van der Waals surface area contributed by atoms with Crippen LogP contribution in [-0.4, -0.2) is 11.1 Å². The highest BCUT2D eigenvalue weighted by Gasteiger charge is 2.30. The van der Waals surface area contributed by atoms with Gasteiger partial charge in [0.2, 0.25) is 0 Å². The molecule has 0 aliphatic rings. The zero-order valence-electron chi connectivity index (χ0n) is 20.2. The molecule has 2 rings (SSSR count). The number of rotatable bonds is 18. The number of hydrogen-bond acceptors (Lipinski definition) is 1. The lowest BCUT2D eigenvalue weighted by molar-refractivity contribution is -0.142. The van der Waals surface area contributed by atoms with Crippen LogP contribution < -0.4 is 0 Å². The van der Waals surface area contributed by atoms with Gasteiger partial charge in [0.15, 0.2) is 0 Å². The average molecular weight is 437 g/mol. The molecule has 176 valence electrons. The molecule has 1 unspecified atom stereocenters. The Morgan fingerprint density at radius 1 is 0.625 bits per heavy atom. The minimum atomic E-state index is -0.679. The molecule has 2 nitrogen and oxygen atoms in total. The van der Waals surface area contributed by atoms with Crippen LogP contribution in [0.3, 0.4) is 0 Å². The summed E-state index contributed by atoms with van der Waals surface area (Å²) < 4.78 is 0. The molecular weight excluding hydrogens is 392 g/mol. The van der Waals surface area contributed by atoms with Crippen molar-refractivity contribution in [2.24, 2.45) is 5.92 Å². The molecule has 0 aliphatic carbocycles. The largest absolute Gasteiger partial charge is 0.481 e. The summed E-state index contributed by atoms with van der Waals surface area (Å²) in [5.41, 5.74) is 2.20. The van der Waals surface area contributed by atoms with Gasteiger partial charge in [0.25, 0.3) is 0 Å². The highest BCUT2D eigenvalue weighted by molar-refractivity contribution is 5.72. The Balaban J connectivity index is 1.72. The molecule has 0 saturated heterocycles. The van der Waals surface area contributed by atoms with E-state index in [2.05, 4.69) is 31.2 Å². The van der Waals surface area contributed by atoms with Crippen molar-refractivity contribution in [3.63, 3.8) is 0 Å². The van der Waals surface area contributed by atoms with Crippen molar-refractivity contribution < 1.29 is 9.90 Å². The second-order valence-corrected chi connectivity index (χ2v) is 9.28. The number of unbranched alkanes of at least 4 members (excludes halogenated alkanes) is 12. The summed E-state index contributed by atoms with van der Waals surface area (Å²) >= 11 is 0. The minimum absolute atomic E-state index is 0.0905. The Labute approximate surface area is 196 Å². The molecule has 0 bridgehead atoms. The van der Waals surface area contributed by atoms with Crippen LogP contribution in [0.5, 0.6) is 0 Å². The lowest BCUT2D eigenvalue weighted by Crippen LogP contribution is -2.23. The molecule has 0 radical (unpaired) electrons. The summed E-state index contributed by atoms with van der Waals surface area (Å²) in [5, 5.41) is 10.1. The molecule has 0 amide bonds. The highest BCUT2D eigenvalue weighted by Crippen LogP contribution is 2.35. The number of benzene rings is 2. The lowest BCUT2D eigenvalue weighted by atomic mass is 9.78. The predicted molar refractivity (Wildman–Crippen MR) is 136 cm³/mol. The molecular formula is C30H44O2. The molecule has 0 spiro atoms. The SMILES string of the molecule is CCCCCCCCCCCCCCCC(C(=O)O)C(c1ccccc1)c1ccccc1. The summed E-state index contributed by atoms with van der Waals surface area (Å²) in [5.74, 6) is -1.15. The van der Waals surface area contributed by atoms with Crippen LogP contribution in [0.4, 0.5) is 0 Å². The van der Waals surface area contributed by atoms with Gasteiger partial charge in [-0.3, -0.25) is 4.79 Å². The van der Waals surface area contributed by atoms with Crippen molar-refractivity contribution in [1.29, 1.82) is 0 Å². The van der Waals surface area contributed by atoms with Gasteiger partial charge in [-0.2, -0.15) is 0 Å². The Kier molecular flexibility index (Phi) is 13.5. The number of aliphatic carboxylic acids is 1. The fraction of sp³-hybridized carbons (Fsp3) is 0.567. The normalized spacial score (nSPS) is 12.2. The maximum absolute atomic E-state index is 12.2. The molecule has 0 fully saturated rings. The van der Waals surface area contributed by atoms with Crippen molar-refractivity contribution in [3.8, 4) is 0 Å². The van der Waals surface area contributed by atoms with Crippen molar-refractivity contribution in [1.82, 2.24) is 0 Å². The molecule has 0 heterocycles. The highest BCUT2D eigenvalue weighted by atomic mass is 16.4. The van der Waals surface area contributed by atoms with E-state index >= 15 is 0 Å². The molecule has 0 aromatic heterocycles. The van der Waals surface area contributed by atoms with E-state index in [0.29, 0.717) is 0 Å². The first-order valence-corrected chi connectivity index (χ1v) is 13.1. The van der Waals surface area contributed by atoms with Crippen molar-refractivity contribution in [2.75, 3.05) is 0 Å². The summed E-state index contributed by atoms with van der Waals surface area (Å²) in [6.45, 7) is 2.27. The molecule has 1 N–H and O–H groups in total. The number of carboxylic acid groups (broad SMARTS) is 1. The van der Waals surface area contributed by atoms with Crippen molar-refractivity contribution in [3.05, 3.63) is 71.8 Å². The molecule has 2 heteroatoms. The molecule has 0 saturated carbocycles. The molecule has 0 aliphatic heterocycles. The maximum Gasteiger partial charge on any atom is 0.307 e. The van der Waals surface area contributed by atoms with E-state index in [4.69, 9.17) is 0 Å². The quantitative estimate of drug-likeness (QED) is 0.237. The lowest BCUT2D eigenvalue weighted by Gasteiger charge is -2.25. The summed E-state index contributed by atoms with van der Waals surface area (Å²) in [6, 6.07) is 20.3. The fourth-order valence-corrected chi connectivity index (χ4v) is 4.79. The first-order chi connectivity index (χ1) is 15.7. The second kappa shape index (κ2) is 16.5. The van der Waals surface area contributed by atoms with Crippen LogP contribution in [0.15, 0.2) is 60.7 Å². The molecule has 32 heavy (non-hydrogen) atoms. The third-order valence-corrected chi connectivity index (χ3v) is 6.66. The molecule has 2 aromatic carbocycles. The van der Waals surface area contributed by atoms with Gasteiger partial charge in [-0.25, -0.2) is 0 Å². The summed E-state index contributed by atoms with van der Waals surface area (Å²) in [4.78, 5) is 12.2. The van der Waals surface area contributed by atoms with Crippen LogP contribution in [0.1, 0.15) is 114 Å². The van der Waals surface area contributed by atoms with E-state index in [9.17, 15) is 9.90 Å². The van der Waals surface area contributed by atoms with E-state index < -0.39 is 5.97 Å². The number of carbonyl (C=O) groups is 1. The van der Waals surface area contributed by atoms with E-state index in [1.807, 2.05) is 36.4 Å². The van der Waals surface area contributed by atoms with Gasteiger partial charge < -0.3 is 5.11 Å². The second-order valence-electron chi connectivity index (χ2n) is 9.28. The number of carboxylic acids is 1. The summed E-state index contributed by atoms with van der Waals surface area (Å²) in [6.07, 6.45) is 17.8. The van der Waals surface area contributed by atoms with E-state index in [-0.39, 0.29) is 11.8 Å². The van der Waals surface area contributed by atoms with Gasteiger partial charge in [0, 0.05) is 5.92 Å². The Hall–Kier alpha value is -2.09. The predicted octanol–water partition coefficient (Wildman–Crippen LogP) is 9.00. The van der Waals surface area contributed by atoms with Crippen LogP contribution in [0.25, 0.3) is 0 Å². The Morgan fingerprint density at radius 3 is 1.38 bits per heavy atom. The van der Waals surface area contributed by atoms with Gasteiger partial charge >= 0.3 is 5.97 Å². The van der Waals surface area contributed by atoms with Gasteiger partial charge in [-0.05, 0) is 17.5 Å². The van der Waals surface area contributed by atoms with E-state index in [0.717, 1.165) is 30.4 Å². The third kappa shape index (κ3) is 10.0. The van der Waals surface area contributed by atoms with Crippen molar-refractivity contribution in [2.45, 2.75) is 103 Å². The van der Waals surface area contributed by atoms with Gasteiger partial charge in [0.1, 0.15) is 0 Å². The van der Waals surface area contributed by atoms with E-state index in [1.54, 1.807) is 0 Å². The van der Waals surface area contributed by atoms with Crippen molar-refractivity contribution >= 4 is 5.97 Å². The zero-order chi connectivity index (χ0) is 22.9. The Bertz CT molecular complexity index is 671. The average Bonchev–Trinajstić information content (AvgIpc) is 2.82. The van der Waals surface area contributed by atoms with Gasteiger partial charge in [0.05, 0.1) is 5.92 Å². The van der Waals surface area contributed by atoms with Crippen LogP contribution >= 0.6 is 0 Å². The smallest absolute Gasteiger partial charge is 0.307 e. The first kappa shape index (κ1) is 26.2. The van der Waals surface area contributed by atoms with Gasteiger partial charge in [-0.15, -0.1) is 0 Å². The van der Waals surface area contributed by atoms with Crippen LogP contribution in [0.2, 0.25) is 0 Å². The minimum Gasteiger partial charge on any atom is -0.481 e. The number of hydrogen-bond donors (Lipinski definition) is 1. The van der Waals surface area contributed by atoms with Crippen LogP contribution in [0, 0.1) is 5.92 Å². The topological polar surface area (TPSA) is 37.3 Å². The fourth-order valence-electron chi connectivity index (χ4n) is 4.79.